The number of aryl methyl sites for hydroxylation is 2. The highest BCUT2D eigenvalue weighted by molar-refractivity contribution is 5.80. The first-order chi connectivity index (χ1) is 20.0. The Kier molecular flexibility index (Phi) is 12.3. The van der Waals surface area contributed by atoms with Crippen molar-refractivity contribution in [3.63, 3.8) is 0 Å². The summed E-state index contributed by atoms with van der Waals surface area (Å²) in [7, 11) is 1.66. The summed E-state index contributed by atoms with van der Waals surface area (Å²) in [4.78, 5) is 35.8. The molecule has 1 aliphatic carbocycles. The zero-order valence-electron chi connectivity index (χ0n) is 24.7. The number of amides is 3. The third-order valence-electron chi connectivity index (χ3n) is 6.97. The summed E-state index contributed by atoms with van der Waals surface area (Å²) >= 11 is 0. The fraction of sp³-hybridized carbons (Fsp3) is 0.516. The van der Waals surface area contributed by atoms with Crippen LogP contribution in [0, 0.1) is 0 Å². The Labute approximate surface area is 238 Å². The highest BCUT2D eigenvalue weighted by atomic mass is 16.5. The van der Waals surface area contributed by atoms with E-state index < -0.39 is 6.09 Å². The molecular weight excluding hydrogens is 510 g/mol. The number of methoxy groups -OCH3 is 1. The summed E-state index contributed by atoms with van der Waals surface area (Å²) in [6, 6.07) is 12.7. The molecule has 1 atom stereocenters. The van der Waals surface area contributed by atoms with E-state index in [1.807, 2.05) is 6.92 Å². The van der Waals surface area contributed by atoms with Crippen molar-refractivity contribution in [2.75, 3.05) is 46.6 Å². The lowest BCUT2D eigenvalue weighted by molar-refractivity contribution is -0.122. The minimum atomic E-state index is -0.791. The summed E-state index contributed by atoms with van der Waals surface area (Å²) in [6.45, 7) is 4.91. The minimum Gasteiger partial charge on any atom is -0.449 e. The van der Waals surface area contributed by atoms with Crippen LogP contribution in [-0.2, 0) is 36.6 Å². The fourth-order valence-electron chi connectivity index (χ4n) is 5.06. The molecule has 1 aliphatic rings. The SMILES string of the molecule is [2H]NC(=O)OCC1c2cc(CCCC(=O)NCC)ccc2-c2ccc(CCCC(=O)NCCOCCCOC)cc21. The molecule has 9 nitrogen and oxygen atoms in total. The van der Waals surface area contributed by atoms with Gasteiger partial charge in [-0.25, -0.2) is 4.79 Å². The Bertz CT molecular complexity index is 1160. The van der Waals surface area contributed by atoms with Crippen LogP contribution in [0.15, 0.2) is 36.4 Å². The number of nitrogens with two attached hydrogens (primary N) is 1. The third kappa shape index (κ3) is 9.64. The van der Waals surface area contributed by atoms with E-state index in [9.17, 15) is 14.4 Å². The van der Waals surface area contributed by atoms with Crippen molar-refractivity contribution >= 4 is 17.9 Å². The molecular formula is C31H43N3O6. The highest BCUT2D eigenvalue weighted by Crippen LogP contribution is 2.45. The van der Waals surface area contributed by atoms with Crippen LogP contribution in [0.2, 0.25) is 1.41 Å². The lowest BCUT2D eigenvalue weighted by Gasteiger charge is -2.15. The van der Waals surface area contributed by atoms with Crippen molar-refractivity contribution in [1.29, 1.82) is 0 Å². The maximum Gasteiger partial charge on any atom is 0.404 e. The van der Waals surface area contributed by atoms with Gasteiger partial charge in [-0.05, 0) is 72.4 Å². The van der Waals surface area contributed by atoms with Crippen LogP contribution >= 0.6 is 0 Å². The Morgan fingerprint density at radius 2 is 1.50 bits per heavy atom. The fourth-order valence-corrected chi connectivity index (χ4v) is 5.06. The molecule has 2 aromatic carbocycles. The zero-order chi connectivity index (χ0) is 29.5. The minimum absolute atomic E-state index is 0.00597. The number of ether oxygens (including phenoxy) is 3. The number of carbonyl (C=O) groups is 3. The molecule has 218 valence electrons. The van der Waals surface area contributed by atoms with E-state index in [4.69, 9.17) is 15.6 Å². The largest absolute Gasteiger partial charge is 0.449 e. The zero-order valence-corrected chi connectivity index (χ0v) is 23.7. The highest BCUT2D eigenvalue weighted by Gasteiger charge is 2.30. The van der Waals surface area contributed by atoms with E-state index in [1.165, 1.54) is 0 Å². The molecule has 2 aromatic rings. The molecule has 0 saturated carbocycles. The van der Waals surface area contributed by atoms with E-state index in [0.717, 1.165) is 59.1 Å². The lowest BCUT2D eigenvalue weighted by atomic mass is 9.94. The average molecular weight is 555 g/mol. The van der Waals surface area contributed by atoms with Gasteiger partial charge in [0.05, 0.1) is 6.61 Å². The average Bonchev–Trinajstić information content (AvgIpc) is 3.27. The van der Waals surface area contributed by atoms with E-state index in [0.29, 0.717) is 52.2 Å². The number of hydrogen-bond acceptors (Lipinski definition) is 6. The molecule has 3 amide bonds. The Morgan fingerprint density at radius 1 is 0.875 bits per heavy atom. The molecule has 4 N–H and O–H groups in total. The van der Waals surface area contributed by atoms with Crippen molar-refractivity contribution in [1.82, 2.24) is 10.6 Å². The first-order valence-corrected chi connectivity index (χ1v) is 14.2. The molecule has 0 aliphatic heterocycles. The second-order valence-corrected chi connectivity index (χ2v) is 9.96. The predicted octanol–water partition coefficient (Wildman–Crippen LogP) is 3.85. The van der Waals surface area contributed by atoms with Gasteiger partial charge in [0.2, 0.25) is 11.8 Å². The van der Waals surface area contributed by atoms with E-state index >= 15 is 0 Å². The standard InChI is InChI=1S/C31H43N3O6/c1-3-33-29(35)9-4-7-22-11-13-24-25-14-12-23(20-27(25)28(26(24)19-22)21-40-31(32)37)8-5-10-30(36)34-15-18-39-17-6-16-38-2/h11-14,19-20,28H,3-10,15-18,21H2,1-2H3,(H2,32,37)(H,33,35)(H,34,36)/i/hD. The second-order valence-electron chi connectivity index (χ2n) is 9.96. The monoisotopic (exact) mass is 554 g/mol. The van der Waals surface area contributed by atoms with Gasteiger partial charge < -0.3 is 30.6 Å². The summed E-state index contributed by atoms with van der Waals surface area (Å²) in [5, 5.41) is 5.73. The summed E-state index contributed by atoms with van der Waals surface area (Å²) in [5.41, 5.74) is 8.37. The second kappa shape index (κ2) is 16.6. The van der Waals surface area contributed by atoms with Crippen LogP contribution in [0.25, 0.3) is 11.1 Å². The van der Waals surface area contributed by atoms with Gasteiger partial charge >= 0.3 is 6.09 Å². The van der Waals surface area contributed by atoms with Crippen LogP contribution < -0.4 is 16.4 Å². The van der Waals surface area contributed by atoms with Gasteiger partial charge in [-0.1, -0.05) is 36.4 Å². The van der Waals surface area contributed by atoms with E-state index in [1.54, 1.807) is 12.8 Å². The van der Waals surface area contributed by atoms with Gasteiger partial charge in [0.1, 0.15) is 6.61 Å². The van der Waals surface area contributed by atoms with Gasteiger partial charge in [-0.15, -0.1) is 0 Å². The van der Waals surface area contributed by atoms with E-state index in [2.05, 4.69) is 47.0 Å². The molecule has 0 radical (unpaired) electrons. The first-order valence-electron chi connectivity index (χ1n) is 14.7. The molecule has 1 unspecified atom stereocenters. The van der Waals surface area contributed by atoms with Gasteiger partial charge in [0.25, 0.3) is 0 Å². The van der Waals surface area contributed by atoms with Crippen LogP contribution in [0.1, 0.15) is 67.2 Å². The van der Waals surface area contributed by atoms with Crippen LogP contribution in [0.5, 0.6) is 0 Å². The lowest BCUT2D eigenvalue weighted by Crippen LogP contribution is -2.27. The number of rotatable bonds is 18. The number of primary amides is 1. The predicted molar refractivity (Wildman–Crippen MR) is 154 cm³/mol. The molecule has 0 saturated heterocycles. The summed E-state index contributed by atoms with van der Waals surface area (Å²) < 4.78 is 22.9. The van der Waals surface area contributed by atoms with Crippen molar-refractivity contribution in [3.05, 3.63) is 58.7 Å². The molecule has 0 heterocycles. The maximum absolute atomic E-state index is 12.2. The molecule has 0 spiro atoms. The Hall–Kier alpha value is -3.43. The van der Waals surface area contributed by atoms with Gasteiger partial charge in [0, 0.05) is 52.2 Å². The molecule has 3 rings (SSSR count). The topological polar surface area (TPSA) is 129 Å². The normalized spacial score (nSPS) is 13.7. The van der Waals surface area contributed by atoms with Crippen LogP contribution in [-0.4, -0.2) is 64.5 Å². The molecule has 9 heteroatoms. The smallest absolute Gasteiger partial charge is 0.404 e. The Morgan fingerprint density at radius 3 is 2.08 bits per heavy atom. The molecule has 0 aromatic heterocycles. The van der Waals surface area contributed by atoms with Crippen molar-refractivity contribution in [2.24, 2.45) is 5.73 Å². The number of carbonyl (C=O) groups excluding carboxylic acids is 3. The number of fused-ring (bicyclic) bond motifs is 3. The molecule has 0 bridgehead atoms. The van der Waals surface area contributed by atoms with Crippen molar-refractivity contribution < 1.29 is 30.0 Å². The van der Waals surface area contributed by atoms with Crippen molar-refractivity contribution in [3.8, 4) is 11.1 Å². The summed E-state index contributed by atoms with van der Waals surface area (Å²) in [5.74, 6) is -0.0966. The van der Waals surface area contributed by atoms with Gasteiger partial charge in [-0.2, -0.15) is 0 Å². The quantitative estimate of drug-likeness (QED) is 0.240. The van der Waals surface area contributed by atoms with Crippen LogP contribution in [0.3, 0.4) is 0 Å². The molecule has 40 heavy (non-hydrogen) atoms. The number of benzene rings is 2. The molecule has 0 fully saturated rings. The summed E-state index contributed by atoms with van der Waals surface area (Å²) in [6.07, 6.45) is 3.93. The Balaban J connectivity index is 1.59. The third-order valence-corrected chi connectivity index (χ3v) is 6.97. The van der Waals surface area contributed by atoms with Crippen molar-refractivity contribution in [2.45, 2.75) is 57.8 Å². The maximum atomic E-state index is 12.2. The van der Waals surface area contributed by atoms with E-state index in [-0.39, 0.29) is 24.3 Å². The number of nitrogens with one attached hydrogen (secondary N) is 2. The number of hydrogen-bond donors (Lipinski definition) is 3. The first kappa shape index (κ1) is 29.6. The van der Waals surface area contributed by atoms with Gasteiger partial charge in [0.15, 0.2) is 1.41 Å². The van der Waals surface area contributed by atoms with Gasteiger partial charge in [-0.3, -0.25) is 9.59 Å². The van der Waals surface area contributed by atoms with Crippen LogP contribution in [0.4, 0.5) is 4.79 Å².